The molecule has 0 saturated carbocycles. The maximum Gasteiger partial charge on any atom is 0.434 e. The fourth-order valence-corrected chi connectivity index (χ4v) is 2.65. The third-order valence-electron chi connectivity index (χ3n) is 2.24. The van der Waals surface area contributed by atoms with Crippen LogP contribution in [0, 0.1) is 0 Å². The first-order valence-corrected chi connectivity index (χ1v) is 7.54. The molecule has 2 N–H and O–H groups in total. The molecule has 2 rings (SSSR count). The highest BCUT2D eigenvalue weighted by Crippen LogP contribution is 2.14. The number of hydrogen-bond donors (Lipinski definition) is 2. The molecular weight excluding hydrogens is 338 g/mol. The normalized spacial score (nSPS) is 11.6. The summed E-state index contributed by atoms with van der Waals surface area (Å²) in [6.07, 6.45) is 0.189. The van der Waals surface area contributed by atoms with E-state index in [-0.39, 0.29) is 23.8 Å². The molecular formula is C10H10BrN3O4S. The summed E-state index contributed by atoms with van der Waals surface area (Å²) in [4.78, 5) is 10.8. The summed E-state index contributed by atoms with van der Waals surface area (Å²) in [6, 6.07) is 6.25. The number of benzene rings is 1. The SMILES string of the molecule is O=c1[nH]nc(CCNS(=O)(=O)c2ccc(Br)cc2)o1. The van der Waals surface area contributed by atoms with Crippen LogP contribution in [0.25, 0.3) is 0 Å². The fourth-order valence-electron chi connectivity index (χ4n) is 1.36. The second-order valence-corrected chi connectivity index (χ2v) is 6.29. The Kier molecular flexibility index (Phi) is 4.17. The van der Waals surface area contributed by atoms with Gasteiger partial charge in [0.15, 0.2) is 0 Å². The summed E-state index contributed by atoms with van der Waals surface area (Å²) in [5.41, 5.74) is 0. The van der Waals surface area contributed by atoms with Crippen molar-refractivity contribution in [2.45, 2.75) is 11.3 Å². The average Bonchev–Trinajstić information content (AvgIpc) is 2.75. The maximum atomic E-state index is 11.9. The molecule has 0 unspecified atom stereocenters. The Bertz CT molecular complexity index is 705. The van der Waals surface area contributed by atoms with E-state index >= 15 is 0 Å². The Morgan fingerprint density at radius 2 is 2.00 bits per heavy atom. The van der Waals surface area contributed by atoms with E-state index in [2.05, 4.69) is 35.3 Å². The Morgan fingerprint density at radius 1 is 1.32 bits per heavy atom. The Balaban J connectivity index is 1.98. The first-order chi connectivity index (χ1) is 8.97. The van der Waals surface area contributed by atoms with Crippen molar-refractivity contribution in [3.8, 4) is 0 Å². The third-order valence-corrected chi connectivity index (χ3v) is 4.24. The van der Waals surface area contributed by atoms with E-state index < -0.39 is 15.8 Å². The monoisotopic (exact) mass is 347 g/mol. The van der Waals surface area contributed by atoms with Gasteiger partial charge in [-0.05, 0) is 24.3 Å². The number of halogens is 1. The van der Waals surface area contributed by atoms with Gasteiger partial charge in [-0.3, -0.25) is 0 Å². The van der Waals surface area contributed by atoms with Crippen LogP contribution < -0.4 is 10.5 Å². The number of hydrogen-bond acceptors (Lipinski definition) is 5. The van der Waals surface area contributed by atoms with E-state index in [0.717, 1.165) is 4.47 Å². The van der Waals surface area contributed by atoms with Crippen LogP contribution in [0.3, 0.4) is 0 Å². The van der Waals surface area contributed by atoms with Gasteiger partial charge in [0.25, 0.3) is 0 Å². The topological polar surface area (TPSA) is 105 Å². The quantitative estimate of drug-likeness (QED) is 0.825. The van der Waals surface area contributed by atoms with Crippen LogP contribution in [0.4, 0.5) is 0 Å². The second-order valence-electron chi connectivity index (χ2n) is 3.61. The van der Waals surface area contributed by atoms with E-state index in [1.165, 1.54) is 12.1 Å². The van der Waals surface area contributed by atoms with Gasteiger partial charge in [-0.1, -0.05) is 15.9 Å². The molecule has 1 aromatic carbocycles. The number of nitrogens with zero attached hydrogens (tertiary/aromatic N) is 1. The smallest absolute Gasteiger partial charge is 0.392 e. The molecule has 0 aliphatic carbocycles. The van der Waals surface area contributed by atoms with E-state index in [0.29, 0.717) is 0 Å². The second kappa shape index (κ2) is 5.68. The van der Waals surface area contributed by atoms with Gasteiger partial charge < -0.3 is 4.42 Å². The fraction of sp³-hybridized carbons (Fsp3) is 0.200. The Hall–Kier alpha value is -1.45. The first-order valence-electron chi connectivity index (χ1n) is 5.27. The molecule has 0 aliphatic rings. The molecule has 0 atom stereocenters. The third kappa shape index (κ3) is 3.75. The largest absolute Gasteiger partial charge is 0.434 e. The minimum atomic E-state index is -3.57. The molecule has 0 fully saturated rings. The van der Waals surface area contributed by atoms with Crippen LogP contribution in [-0.2, 0) is 16.4 Å². The zero-order chi connectivity index (χ0) is 13.9. The lowest BCUT2D eigenvalue weighted by atomic mass is 10.4. The Morgan fingerprint density at radius 3 is 2.58 bits per heavy atom. The number of sulfonamides is 1. The highest BCUT2D eigenvalue weighted by Gasteiger charge is 2.13. The lowest BCUT2D eigenvalue weighted by Crippen LogP contribution is -2.26. The van der Waals surface area contributed by atoms with Gasteiger partial charge in [0, 0.05) is 17.4 Å². The number of aromatic nitrogens is 2. The predicted octanol–water partition coefficient (Wildman–Crippen LogP) is 0.646. The standard InChI is InChI=1S/C10H10BrN3O4S/c11-7-1-3-8(4-2-7)19(16,17)12-6-5-9-13-14-10(15)18-9/h1-4,12H,5-6H2,(H,14,15). The summed E-state index contributed by atoms with van der Waals surface area (Å²) in [7, 11) is -3.57. The van der Waals surface area contributed by atoms with Crippen molar-refractivity contribution in [1.29, 1.82) is 0 Å². The zero-order valence-corrected chi connectivity index (χ0v) is 12.0. The highest BCUT2D eigenvalue weighted by molar-refractivity contribution is 9.10. The van der Waals surface area contributed by atoms with Gasteiger partial charge in [0.2, 0.25) is 15.9 Å². The highest BCUT2D eigenvalue weighted by atomic mass is 79.9. The van der Waals surface area contributed by atoms with Crippen molar-refractivity contribution < 1.29 is 12.8 Å². The molecule has 102 valence electrons. The van der Waals surface area contributed by atoms with E-state index in [1.54, 1.807) is 12.1 Å². The van der Waals surface area contributed by atoms with Crippen molar-refractivity contribution in [2.75, 3.05) is 6.54 Å². The van der Waals surface area contributed by atoms with Crippen LogP contribution >= 0.6 is 15.9 Å². The summed E-state index contributed by atoms with van der Waals surface area (Å²) < 4.78 is 31.6. The molecule has 2 aromatic rings. The summed E-state index contributed by atoms with van der Waals surface area (Å²) in [5.74, 6) is -0.505. The minimum absolute atomic E-state index is 0.0895. The molecule has 0 bridgehead atoms. The number of aromatic amines is 1. The molecule has 1 aromatic heterocycles. The van der Waals surface area contributed by atoms with Gasteiger partial charge in [0.05, 0.1) is 4.90 Å². The molecule has 0 radical (unpaired) electrons. The molecule has 7 nitrogen and oxygen atoms in total. The van der Waals surface area contributed by atoms with Crippen LogP contribution in [0.5, 0.6) is 0 Å². The van der Waals surface area contributed by atoms with Crippen molar-refractivity contribution in [3.63, 3.8) is 0 Å². The maximum absolute atomic E-state index is 11.9. The lowest BCUT2D eigenvalue weighted by molar-refractivity contribution is 0.460. The predicted molar refractivity (Wildman–Crippen MR) is 70.2 cm³/mol. The average molecular weight is 348 g/mol. The van der Waals surface area contributed by atoms with E-state index in [9.17, 15) is 13.2 Å². The molecule has 0 spiro atoms. The van der Waals surface area contributed by atoms with Gasteiger partial charge in [-0.15, -0.1) is 5.10 Å². The minimum Gasteiger partial charge on any atom is -0.392 e. The molecule has 9 heteroatoms. The van der Waals surface area contributed by atoms with Crippen LogP contribution in [-0.4, -0.2) is 25.2 Å². The van der Waals surface area contributed by atoms with Crippen LogP contribution in [0.1, 0.15) is 5.89 Å². The van der Waals surface area contributed by atoms with Crippen molar-refractivity contribution in [1.82, 2.24) is 14.9 Å². The molecule has 0 aliphatic heterocycles. The van der Waals surface area contributed by atoms with Gasteiger partial charge >= 0.3 is 5.76 Å². The van der Waals surface area contributed by atoms with E-state index in [4.69, 9.17) is 0 Å². The summed E-state index contributed by atoms with van der Waals surface area (Å²) in [6.45, 7) is 0.0895. The van der Waals surface area contributed by atoms with Crippen LogP contribution in [0.2, 0.25) is 0 Å². The molecule has 1 heterocycles. The lowest BCUT2D eigenvalue weighted by Gasteiger charge is -2.05. The zero-order valence-electron chi connectivity index (χ0n) is 9.59. The number of H-pyrrole nitrogens is 1. The van der Waals surface area contributed by atoms with Crippen molar-refractivity contribution >= 4 is 26.0 Å². The van der Waals surface area contributed by atoms with E-state index in [1.807, 2.05) is 0 Å². The van der Waals surface area contributed by atoms with Gasteiger partial charge in [-0.25, -0.2) is 23.0 Å². The molecule has 0 saturated heterocycles. The van der Waals surface area contributed by atoms with Crippen LogP contribution in [0.15, 0.2) is 42.8 Å². The molecule has 0 amide bonds. The summed E-state index contributed by atoms with van der Waals surface area (Å²) in [5, 5.41) is 5.67. The number of rotatable bonds is 5. The van der Waals surface area contributed by atoms with Crippen molar-refractivity contribution in [3.05, 3.63) is 45.2 Å². The first kappa shape index (κ1) is 14.0. The molecule has 19 heavy (non-hydrogen) atoms. The van der Waals surface area contributed by atoms with Gasteiger partial charge in [-0.2, -0.15) is 0 Å². The Labute approximate surface area is 117 Å². The summed E-state index contributed by atoms with van der Waals surface area (Å²) >= 11 is 3.23. The van der Waals surface area contributed by atoms with Gasteiger partial charge in [0.1, 0.15) is 0 Å². The number of nitrogens with one attached hydrogen (secondary N) is 2. The van der Waals surface area contributed by atoms with Crippen molar-refractivity contribution in [2.24, 2.45) is 0 Å².